The Morgan fingerprint density at radius 1 is 1.14 bits per heavy atom. The molecule has 2 nitrogen and oxygen atoms in total. The van der Waals surface area contributed by atoms with Crippen LogP contribution in [-0.4, -0.2) is 12.6 Å². The third-order valence-corrected chi connectivity index (χ3v) is 4.56. The van der Waals surface area contributed by atoms with Gasteiger partial charge < -0.3 is 11.1 Å². The Labute approximate surface area is 135 Å². The van der Waals surface area contributed by atoms with Crippen LogP contribution in [0.3, 0.4) is 0 Å². The molecule has 1 unspecified atom stereocenters. The number of hydrogen-bond acceptors (Lipinski definition) is 2. The highest BCUT2D eigenvalue weighted by Gasteiger charge is 2.13. The Hall–Kier alpha value is -1.54. The van der Waals surface area contributed by atoms with Gasteiger partial charge in [0.05, 0.1) is 0 Å². The van der Waals surface area contributed by atoms with Gasteiger partial charge in [0.25, 0.3) is 0 Å². The van der Waals surface area contributed by atoms with Crippen LogP contribution in [-0.2, 0) is 12.8 Å². The summed E-state index contributed by atoms with van der Waals surface area (Å²) >= 11 is 0. The molecule has 0 fully saturated rings. The monoisotopic (exact) mass is 298 g/mol. The minimum absolute atomic E-state index is 0.495. The van der Waals surface area contributed by atoms with E-state index in [1.165, 1.54) is 16.7 Å². The van der Waals surface area contributed by atoms with Gasteiger partial charge >= 0.3 is 0 Å². The number of allylic oxidation sites excluding steroid dienone is 2. The van der Waals surface area contributed by atoms with Crippen LogP contribution in [0.5, 0.6) is 0 Å². The van der Waals surface area contributed by atoms with Crippen molar-refractivity contribution < 1.29 is 0 Å². The second-order valence-corrected chi connectivity index (χ2v) is 6.15. The first-order valence-corrected chi connectivity index (χ1v) is 8.67. The first-order valence-electron chi connectivity index (χ1n) is 8.67. The normalized spacial score (nSPS) is 18.0. The van der Waals surface area contributed by atoms with Gasteiger partial charge in [-0.1, -0.05) is 56.2 Å². The molecule has 1 aromatic carbocycles. The Morgan fingerprint density at radius 2 is 1.95 bits per heavy atom. The summed E-state index contributed by atoms with van der Waals surface area (Å²) in [5.41, 5.74) is 12.6. The molecule has 22 heavy (non-hydrogen) atoms. The summed E-state index contributed by atoms with van der Waals surface area (Å²) in [6, 6.07) is 6.95. The summed E-state index contributed by atoms with van der Waals surface area (Å²) in [5, 5.41) is 3.70. The molecule has 1 aliphatic rings. The summed E-state index contributed by atoms with van der Waals surface area (Å²) in [7, 11) is 0. The van der Waals surface area contributed by atoms with Crippen molar-refractivity contribution in [1.82, 2.24) is 5.32 Å². The first kappa shape index (κ1) is 16.8. The number of nitrogens with one attached hydrogen (secondary N) is 1. The van der Waals surface area contributed by atoms with Crippen molar-refractivity contribution in [3.8, 4) is 0 Å². The van der Waals surface area contributed by atoms with Crippen LogP contribution in [0, 0.1) is 0 Å². The van der Waals surface area contributed by atoms with E-state index in [-0.39, 0.29) is 0 Å². The smallest absolute Gasteiger partial charge is 0.0346 e. The van der Waals surface area contributed by atoms with E-state index in [9.17, 15) is 0 Å². The fraction of sp³-hybridized carbons (Fsp3) is 0.500. The maximum atomic E-state index is 5.98. The summed E-state index contributed by atoms with van der Waals surface area (Å²) in [6.07, 6.45) is 10.3. The number of nitrogens with two attached hydrogens (primary N) is 1. The maximum absolute atomic E-state index is 5.98. The molecular weight excluding hydrogens is 268 g/mol. The van der Waals surface area contributed by atoms with Crippen molar-refractivity contribution in [3.05, 3.63) is 52.6 Å². The molecule has 2 rings (SSSR count). The van der Waals surface area contributed by atoms with Crippen molar-refractivity contribution >= 4 is 5.69 Å². The van der Waals surface area contributed by atoms with Gasteiger partial charge in [0.2, 0.25) is 0 Å². The second-order valence-electron chi connectivity index (χ2n) is 6.15. The molecule has 1 aliphatic carbocycles. The topological polar surface area (TPSA) is 38.0 Å². The highest BCUT2D eigenvalue weighted by molar-refractivity contribution is 5.48. The summed E-state index contributed by atoms with van der Waals surface area (Å²) < 4.78 is 0. The molecule has 1 aromatic rings. The number of rotatable bonds is 7. The van der Waals surface area contributed by atoms with E-state index in [1.54, 1.807) is 5.57 Å². The lowest BCUT2D eigenvalue weighted by Gasteiger charge is -2.22. The van der Waals surface area contributed by atoms with Crippen molar-refractivity contribution in [2.24, 2.45) is 0 Å². The Morgan fingerprint density at radius 3 is 2.64 bits per heavy atom. The zero-order chi connectivity index (χ0) is 15.9. The molecule has 120 valence electrons. The lowest BCUT2D eigenvalue weighted by molar-refractivity contribution is 0.574. The minimum Gasteiger partial charge on any atom is -0.399 e. The zero-order valence-corrected chi connectivity index (χ0v) is 14.3. The molecule has 0 heterocycles. The van der Waals surface area contributed by atoms with E-state index in [1.807, 2.05) is 6.07 Å². The summed E-state index contributed by atoms with van der Waals surface area (Å²) in [6.45, 7) is 7.66. The average molecular weight is 298 g/mol. The van der Waals surface area contributed by atoms with Crippen LogP contribution in [0.1, 0.15) is 51.2 Å². The van der Waals surface area contributed by atoms with E-state index in [2.05, 4.69) is 50.4 Å². The van der Waals surface area contributed by atoms with E-state index in [4.69, 9.17) is 5.73 Å². The number of benzene rings is 1. The SMILES string of the molecule is CCC1=CC(NCCc2ccc(N)c(CC)c2)CC(CC)=C1. The second kappa shape index (κ2) is 8.19. The predicted octanol–water partition coefficient (Wildman–Crippen LogP) is 4.41. The van der Waals surface area contributed by atoms with E-state index < -0.39 is 0 Å². The maximum Gasteiger partial charge on any atom is 0.0346 e. The number of aryl methyl sites for hydroxylation is 1. The molecule has 2 heteroatoms. The molecule has 0 aliphatic heterocycles. The van der Waals surface area contributed by atoms with E-state index in [0.717, 1.165) is 44.3 Å². The zero-order valence-electron chi connectivity index (χ0n) is 14.3. The molecule has 0 aromatic heterocycles. The van der Waals surface area contributed by atoms with Gasteiger partial charge in [0, 0.05) is 11.7 Å². The number of hydrogen-bond donors (Lipinski definition) is 2. The molecular formula is C20H30N2. The Kier molecular flexibility index (Phi) is 6.26. The number of anilines is 1. The van der Waals surface area contributed by atoms with Gasteiger partial charge in [0.1, 0.15) is 0 Å². The molecule has 0 saturated carbocycles. The third-order valence-electron chi connectivity index (χ3n) is 4.56. The van der Waals surface area contributed by atoms with Crippen LogP contribution in [0.4, 0.5) is 5.69 Å². The van der Waals surface area contributed by atoms with E-state index >= 15 is 0 Å². The van der Waals surface area contributed by atoms with Gasteiger partial charge in [-0.2, -0.15) is 0 Å². The average Bonchev–Trinajstić information content (AvgIpc) is 2.56. The molecule has 0 saturated heterocycles. The van der Waals surface area contributed by atoms with Crippen molar-refractivity contribution in [1.29, 1.82) is 0 Å². The van der Waals surface area contributed by atoms with E-state index in [0.29, 0.717) is 6.04 Å². The van der Waals surface area contributed by atoms with Crippen LogP contribution < -0.4 is 11.1 Å². The highest BCUT2D eigenvalue weighted by Crippen LogP contribution is 2.22. The standard InChI is InChI=1S/C20H30N2/c1-4-15-11-16(5-2)14-19(13-15)22-10-9-17-7-8-20(21)18(6-3)12-17/h7-8,11-13,19,22H,4-6,9-10,14,21H2,1-3H3. The van der Waals surface area contributed by atoms with Crippen molar-refractivity contribution in [2.75, 3.05) is 12.3 Å². The predicted molar refractivity (Wildman–Crippen MR) is 97.1 cm³/mol. The molecule has 1 atom stereocenters. The molecule has 0 amide bonds. The van der Waals surface area contributed by atoms with Gasteiger partial charge in [0.15, 0.2) is 0 Å². The van der Waals surface area contributed by atoms with Crippen LogP contribution in [0.2, 0.25) is 0 Å². The van der Waals surface area contributed by atoms with Gasteiger partial charge in [-0.3, -0.25) is 0 Å². The fourth-order valence-electron chi connectivity index (χ4n) is 3.09. The number of nitrogen functional groups attached to an aromatic ring is 1. The highest BCUT2D eigenvalue weighted by atomic mass is 14.9. The molecule has 0 bridgehead atoms. The Balaban J connectivity index is 1.89. The largest absolute Gasteiger partial charge is 0.399 e. The Bertz CT molecular complexity index is 555. The van der Waals surface area contributed by atoms with Crippen molar-refractivity contribution in [2.45, 2.75) is 58.9 Å². The van der Waals surface area contributed by atoms with Crippen LogP contribution in [0.15, 0.2) is 41.5 Å². The van der Waals surface area contributed by atoms with Crippen LogP contribution >= 0.6 is 0 Å². The molecule has 0 radical (unpaired) electrons. The van der Waals surface area contributed by atoms with Crippen molar-refractivity contribution in [3.63, 3.8) is 0 Å². The lowest BCUT2D eigenvalue weighted by atomic mass is 9.92. The van der Waals surface area contributed by atoms with Gasteiger partial charge in [-0.25, -0.2) is 0 Å². The molecule has 3 N–H and O–H groups in total. The van der Waals surface area contributed by atoms with Gasteiger partial charge in [-0.15, -0.1) is 0 Å². The quantitative estimate of drug-likeness (QED) is 0.732. The van der Waals surface area contributed by atoms with Gasteiger partial charge in [-0.05, 0) is 55.8 Å². The summed E-state index contributed by atoms with van der Waals surface area (Å²) in [4.78, 5) is 0. The third kappa shape index (κ3) is 4.48. The molecule has 0 spiro atoms. The fourth-order valence-corrected chi connectivity index (χ4v) is 3.09. The lowest BCUT2D eigenvalue weighted by Crippen LogP contribution is -2.31. The summed E-state index contributed by atoms with van der Waals surface area (Å²) in [5.74, 6) is 0. The minimum atomic E-state index is 0.495. The first-order chi connectivity index (χ1) is 10.7. The van der Waals surface area contributed by atoms with Crippen LogP contribution in [0.25, 0.3) is 0 Å².